The molecule has 1 N–H and O–H groups in total. The molecule has 0 rings (SSSR count). The summed E-state index contributed by atoms with van der Waals surface area (Å²) in [4.78, 5) is 0. The smallest absolute Gasteiger partial charge is 0.414 e. The summed E-state index contributed by atoms with van der Waals surface area (Å²) in [5.41, 5.74) is -6.54. The Labute approximate surface area is 118 Å². The maximum atomic E-state index is 13.2. The minimum atomic E-state index is -7.18. The van der Waals surface area contributed by atoms with Gasteiger partial charge < -0.3 is 4.74 Å². The van der Waals surface area contributed by atoms with Gasteiger partial charge in [-0.1, -0.05) is 0 Å². The van der Waals surface area contributed by atoms with Gasteiger partial charge in [0.1, 0.15) is 0 Å². The van der Waals surface area contributed by atoms with Gasteiger partial charge in [-0.15, -0.1) is 0 Å². The first-order valence-electron chi connectivity index (χ1n) is 4.37. The molecule has 138 valence electrons. The van der Waals surface area contributed by atoms with Gasteiger partial charge in [0.25, 0.3) is 0 Å². The number of hydrogen-bond acceptors (Lipinski definition) is 4. The molecule has 0 heterocycles. The summed E-state index contributed by atoms with van der Waals surface area (Å²) in [6.45, 7) is 0. The lowest BCUT2D eigenvalue weighted by Crippen LogP contribution is -2.60. The van der Waals surface area contributed by atoms with Crippen molar-refractivity contribution in [3.63, 3.8) is 0 Å². The topological polar surface area (TPSA) is 72.8 Å². The maximum Gasteiger partial charge on any atom is 0.492 e. The van der Waals surface area contributed by atoms with Crippen LogP contribution in [0, 0.1) is 0 Å². The highest BCUT2D eigenvalue weighted by atomic mass is 32.2. The lowest BCUT2D eigenvalue weighted by atomic mass is 10.2. The van der Waals surface area contributed by atoms with Crippen LogP contribution in [0.25, 0.3) is 0 Å². The molecule has 0 aliphatic carbocycles. The highest BCUT2D eigenvalue weighted by molar-refractivity contribution is 7.86. The van der Waals surface area contributed by atoms with Crippen LogP contribution in [0.5, 0.6) is 0 Å². The van der Waals surface area contributed by atoms with E-state index in [1.807, 2.05) is 4.74 Å². The van der Waals surface area contributed by atoms with Crippen LogP contribution in [0.1, 0.15) is 0 Å². The van der Waals surface area contributed by atoms with Crippen LogP contribution < -0.4 is 0 Å². The van der Waals surface area contributed by atoms with Crippen molar-refractivity contribution in [2.45, 2.75) is 23.6 Å². The summed E-state index contributed by atoms with van der Waals surface area (Å²) >= 11 is 0. The number of rotatable bonds is 6. The highest BCUT2D eigenvalue weighted by Crippen LogP contribution is 2.50. The Hall–Kier alpha value is -1.36. The zero-order valence-corrected chi connectivity index (χ0v) is 10.5. The molecule has 1 unspecified atom stereocenters. The molecule has 0 fully saturated rings. The van der Waals surface area contributed by atoms with E-state index in [1.54, 1.807) is 4.74 Å². The molecule has 0 saturated carbocycles. The largest absolute Gasteiger partial charge is 0.492 e. The van der Waals surface area contributed by atoms with E-state index in [9.17, 15) is 56.7 Å². The summed E-state index contributed by atoms with van der Waals surface area (Å²) in [6.07, 6.45) is -18.2. The molecule has 23 heavy (non-hydrogen) atoms. The van der Waals surface area contributed by atoms with Gasteiger partial charge in [-0.25, -0.2) is 4.74 Å². The molecule has 0 aromatic rings. The highest BCUT2D eigenvalue weighted by Gasteiger charge is 2.79. The van der Waals surface area contributed by atoms with Crippen molar-refractivity contribution in [2.75, 3.05) is 0 Å². The monoisotopic (exact) mass is 394 g/mol. The van der Waals surface area contributed by atoms with E-state index in [1.165, 1.54) is 0 Å². The quantitative estimate of drug-likeness (QED) is 0.425. The van der Waals surface area contributed by atoms with E-state index in [2.05, 4.69) is 0 Å². The first kappa shape index (κ1) is 21.6. The van der Waals surface area contributed by atoms with Crippen LogP contribution >= 0.6 is 0 Å². The Balaban J connectivity index is 6.06. The van der Waals surface area contributed by atoms with Crippen LogP contribution in [0.4, 0.5) is 48.3 Å². The normalized spacial score (nSPS) is 16.7. The second-order valence-electron chi connectivity index (χ2n) is 3.29. The Kier molecular flexibility index (Phi) is 5.58. The van der Waals surface area contributed by atoms with Gasteiger partial charge in [0, 0.05) is 0 Å². The van der Waals surface area contributed by atoms with Crippen LogP contribution in [0.2, 0.25) is 0 Å². The maximum absolute atomic E-state index is 13.2. The second kappa shape index (κ2) is 5.93. The lowest BCUT2D eigenvalue weighted by Gasteiger charge is -2.33. The van der Waals surface area contributed by atoms with Crippen LogP contribution in [-0.2, 0) is 19.6 Å². The molecule has 0 radical (unpaired) electrons. The zero-order valence-electron chi connectivity index (χ0n) is 9.65. The SMILES string of the molecule is O=S(=O)(O)C(F)(F)OC(F)(F)C(F)(OC(F)=C(F)F)C(F)(F)F. The predicted molar refractivity (Wildman–Crippen MR) is 43.9 cm³/mol. The average molecular weight is 394 g/mol. The third-order valence-electron chi connectivity index (χ3n) is 1.67. The number of alkyl halides is 8. The van der Waals surface area contributed by atoms with Crippen LogP contribution in [0.15, 0.2) is 12.1 Å². The first-order valence-corrected chi connectivity index (χ1v) is 5.81. The molecule has 5 nitrogen and oxygen atoms in total. The summed E-state index contributed by atoms with van der Waals surface area (Å²) in [5, 5.41) is 0. The van der Waals surface area contributed by atoms with Crippen molar-refractivity contribution < 1.29 is 70.7 Å². The van der Waals surface area contributed by atoms with Crippen molar-refractivity contribution in [1.29, 1.82) is 0 Å². The van der Waals surface area contributed by atoms with Gasteiger partial charge in [-0.05, 0) is 0 Å². The summed E-state index contributed by atoms with van der Waals surface area (Å²) in [7, 11) is -6.97. The van der Waals surface area contributed by atoms with Gasteiger partial charge in [-0.2, -0.15) is 56.7 Å². The third-order valence-corrected chi connectivity index (χ3v) is 2.35. The Bertz CT molecular complexity index is 576. The Morgan fingerprint density at radius 1 is 0.870 bits per heavy atom. The van der Waals surface area contributed by atoms with Crippen molar-refractivity contribution in [2.24, 2.45) is 0 Å². The average Bonchev–Trinajstić information content (AvgIpc) is 2.23. The number of ether oxygens (including phenoxy) is 2. The van der Waals surface area contributed by atoms with E-state index >= 15 is 0 Å². The Morgan fingerprint density at radius 3 is 1.52 bits per heavy atom. The van der Waals surface area contributed by atoms with E-state index in [4.69, 9.17) is 4.55 Å². The minimum absolute atomic E-state index is 1.70. The molecule has 0 saturated heterocycles. The molecule has 0 aromatic heterocycles. The predicted octanol–water partition coefficient (Wildman–Crippen LogP) is 3.31. The molecule has 17 heteroatoms. The molecule has 0 spiro atoms. The molecular formula is C6HF11O5S. The number of halogens is 11. The number of hydrogen-bond donors (Lipinski definition) is 1. The first-order chi connectivity index (χ1) is 9.78. The fourth-order valence-corrected chi connectivity index (χ4v) is 0.922. The summed E-state index contributed by atoms with van der Waals surface area (Å²) in [5.74, 6) is -7.01. The van der Waals surface area contributed by atoms with Gasteiger partial charge in [0.05, 0.1) is 0 Å². The fraction of sp³-hybridized carbons (Fsp3) is 0.667. The molecular weight excluding hydrogens is 393 g/mol. The van der Waals surface area contributed by atoms with Crippen molar-refractivity contribution in [3.8, 4) is 0 Å². The standard InChI is InChI=1S/C6HF11O5S/c7-1(8)2(9)21-3(10,4(11,12)13)5(14,15)22-6(16,17)23(18,19)20/h(H,18,19,20). The Morgan fingerprint density at radius 2 is 1.26 bits per heavy atom. The second-order valence-corrected chi connectivity index (χ2v) is 4.71. The van der Waals surface area contributed by atoms with Crippen molar-refractivity contribution in [1.82, 2.24) is 0 Å². The van der Waals surface area contributed by atoms with Crippen molar-refractivity contribution >= 4 is 10.1 Å². The lowest BCUT2D eigenvalue weighted by molar-refractivity contribution is -0.481. The van der Waals surface area contributed by atoms with E-state index < -0.39 is 45.8 Å². The van der Waals surface area contributed by atoms with Gasteiger partial charge in [0.2, 0.25) is 0 Å². The van der Waals surface area contributed by atoms with Gasteiger partial charge >= 0.3 is 45.8 Å². The zero-order chi connectivity index (χ0) is 19.1. The fourth-order valence-electron chi connectivity index (χ4n) is 0.712. The molecule has 1 atom stereocenters. The van der Waals surface area contributed by atoms with Gasteiger partial charge in [0.15, 0.2) is 0 Å². The molecule has 0 aliphatic heterocycles. The van der Waals surface area contributed by atoms with Crippen molar-refractivity contribution in [3.05, 3.63) is 12.1 Å². The molecule has 0 amide bonds. The molecule has 0 aromatic carbocycles. The molecule has 0 aliphatic rings. The summed E-state index contributed by atoms with van der Waals surface area (Å²) in [6, 6.07) is -3.89. The van der Waals surface area contributed by atoms with E-state index in [-0.39, 0.29) is 0 Å². The van der Waals surface area contributed by atoms with E-state index in [0.717, 1.165) is 0 Å². The summed E-state index contributed by atoms with van der Waals surface area (Å²) < 4.78 is 167. The van der Waals surface area contributed by atoms with Crippen LogP contribution in [-0.4, -0.2) is 36.6 Å². The molecule has 0 bridgehead atoms. The van der Waals surface area contributed by atoms with E-state index in [0.29, 0.717) is 0 Å². The van der Waals surface area contributed by atoms with Gasteiger partial charge in [-0.3, -0.25) is 4.55 Å². The minimum Gasteiger partial charge on any atom is -0.414 e. The third kappa shape index (κ3) is 4.34. The van der Waals surface area contributed by atoms with Crippen LogP contribution in [0.3, 0.4) is 0 Å².